The molecule has 2 unspecified atom stereocenters. The normalized spacial score (nSPS) is 25.6. The average Bonchev–Trinajstić information content (AvgIpc) is 2.43. The minimum atomic E-state index is 0.335. The van der Waals surface area contributed by atoms with E-state index in [0.29, 0.717) is 17.7 Å². The molecule has 0 amide bonds. The smallest absolute Gasteiger partial charge is 0.124 e. The predicted molar refractivity (Wildman–Crippen MR) is 89.6 cm³/mol. The van der Waals surface area contributed by atoms with Crippen LogP contribution in [0.25, 0.3) is 0 Å². The Balaban J connectivity index is 2.04. The third kappa shape index (κ3) is 4.42. The number of benzene rings is 1. The molecule has 1 aliphatic carbocycles. The summed E-state index contributed by atoms with van der Waals surface area (Å²) < 4.78 is 11.5. The molecule has 2 rings (SSSR count). The van der Waals surface area contributed by atoms with Gasteiger partial charge in [-0.15, -0.1) is 0 Å². The van der Waals surface area contributed by atoms with Crippen molar-refractivity contribution in [1.29, 1.82) is 0 Å². The lowest BCUT2D eigenvalue weighted by atomic mass is 9.82. The Morgan fingerprint density at radius 3 is 2.48 bits per heavy atom. The summed E-state index contributed by atoms with van der Waals surface area (Å²) in [5, 5.41) is 0. The van der Waals surface area contributed by atoms with Gasteiger partial charge < -0.3 is 15.2 Å². The summed E-state index contributed by atoms with van der Waals surface area (Å²) in [7, 11) is 1.67. The highest BCUT2D eigenvalue weighted by atomic mass is 32.1. The Morgan fingerprint density at radius 1 is 1.24 bits per heavy atom. The zero-order valence-electron chi connectivity index (χ0n) is 13.1. The quantitative estimate of drug-likeness (QED) is 0.843. The second-order valence-corrected chi connectivity index (χ2v) is 6.68. The number of hydrogen-bond acceptors (Lipinski definition) is 3. The van der Waals surface area contributed by atoms with E-state index >= 15 is 0 Å². The summed E-state index contributed by atoms with van der Waals surface area (Å²) in [5.74, 6) is 2.30. The van der Waals surface area contributed by atoms with Crippen LogP contribution in [0, 0.1) is 11.8 Å². The fourth-order valence-electron chi connectivity index (χ4n) is 3.26. The summed E-state index contributed by atoms with van der Waals surface area (Å²) >= 11 is 5.04. The van der Waals surface area contributed by atoms with Gasteiger partial charge >= 0.3 is 0 Å². The lowest BCUT2D eigenvalue weighted by Crippen LogP contribution is -2.26. The van der Waals surface area contributed by atoms with Crippen LogP contribution >= 0.6 is 12.2 Å². The molecular formula is C17H25NO2S. The van der Waals surface area contributed by atoms with Gasteiger partial charge in [0.2, 0.25) is 0 Å². The van der Waals surface area contributed by atoms with Gasteiger partial charge in [-0.3, -0.25) is 0 Å². The summed E-state index contributed by atoms with van der Waals surface area (Å²) in [6, 6.07) is 5.76. The van der Waals surface area contributed by atoms with Crippen LogP contribution in [-0.2, 0) is 11.3 Å². The molecule has 21 heavy (non-hydrogen) atoms. The van der Waals surface area contributed by atoms with Crippen molar-refractivity contribution < 1.29 is 9.47 Å². The lowest BCUT2D eigenvalue weighted by molar-refractivity contribution is -0.00977. The number of nitrogens with two attached hydrogens (primary N) is 1. The van der Waals surface area contributed by atoms with Crippen molar-refractivity contribution in [3.63, 3.8) is 0 Å². The van der Waals surface area contributed by atoms with Gasteiger partial charge in [0.15, 0.2) is 0 Å². The summed E-state index contributed by atoms with van der Waals surface area (Å²) in [6.45, 7) is 5.16. The first-order chi connectivity index (χ1) is 9.99. The summed E-state index contributed by atoms with van der Waals surface area (Å²) in [6.07, 6.45) is 3.92. The van der Waals surface area contributed by atoms with Crippen LogP contribution in [0.4, 0.5) is 0 Å². The average molecular weight is 307 g/mol. The first-order valence-electron chi connectivity index (χ1n) is 7.58. The Hall–Kier alpha value is -1.13. The first kappa shape index (κ1) is 16.2. The van der Waals surface area contributed by atoms with Gasteiger partial charge in [0, 0.05) is 11.1 Å². The molecule has 1 saturated carbocycles. The van der Waals surface area contributed by atoms with E-state index in [4.69, 9.17) is 27.4 Å². The SMILES string of the molecule is COc1ccc(C(N)=S)cc1COC1CC(C)CC(C)C1. The van der Waals surface area contributed by atoms with Crippen LogP contribution in [0.15, 0.2) is 18.2 Å². The minimum absolute atomic E-state index is 0.335. The van der Waals surface area contributed by atoms with Crippen LogP contribution in [-0.4, -0.2) is 18.2 Å². The minimum Gasteiger partial charge on any atom is -0.496 e. The number of rotatable bonds is 5. The van der Waals surface area contributed by atoms with Gasteiger partial charge in [-0.2, -0.15) is 0 Å². The maximum absolute atomic E-state index is 6.12. The topological polar surface area (TPSA) is 44.5 Å². The first-order valence-corrected chi connectivity index (χ1v) is 7.98. The molecule has 1 fully saturated rings. The molecule has 0 aromatic heterocycles. The highest BCUT2D eigenvalue weighted by molar-refractivity contribution is 7.80. The number of thiocarbonyl (C=S) groups is 1. The molecule has 0 spiro atoms. The van der Waals surface area contributed by atoms with E-state index in [1.807, 2.05) is 18.2 Å². The molecule has 1 aromatic rings. The standard InChI is InChI=1S/C17H25NO2S/c1-11-6-12(2)8-15(7-11)20-10-14-9-13(17(18)21)4-5-16(14)19-3/h4-5,9,11-12,15H,6-8,10H2,1-3H3,(H2,18,21). The summed E-state index contributed by atoms with van der Waals surface area (Å²) in [5.41, 5.74) is 7.56. The number of methoxy groups -OCH3 is 1. The number of ether oxygens (including phenoxy) is 2. The molecule has 0 aliphatic heterocycles. The van der Waals surface area contributed by atoms with E-state index in [1.54, 1.807) is 7.11 Å². The highest BCUT2D eigenvalue weighted by Crippen LogP contribution is 2.31. The highest BCUT2D eigenvalue weighted by Gasteiger charge is 2.24. The Kier molecular flexibility index (Phi) is 5.59. The largest absolute Gasteiger partial charge is 0.496 e. The van der Waals surface area contributed by atoms with E-state index in [9.17, 15) is 0 Å². The van der Waals surface area contributed by atoms with E-state index in [2.05, 4.69) is 13.8 Å². The fraction of sp³-hybridized carbons (Fsp3) is 0.588. The van der Waals surface area contributed by atoms with Crippen LogP contribution in [0.5, 0.6) is 5.75 Å². The Bertz CT molecular complexity index is 494. The van der Waals surface area contributed by atoms with Gasteiger partial charge in [-0.25, -0.2) is 0 Å². The van der Waals surface area contributed by atoms with Crippen molar-refractivity contribution in [3.05, 3.63) is 29.3 Å². The molecule has 116 valence electrons. The zero-order chi connectivity index (χ0) is 15.4. The molecule has 4 heteroatoms. The maximum Gasteiger partial charge on any atom is 0.124 e. The van der Waals surface area contributed by atoms with Gasteiger partial charge in [-0.05, 0) is 49.3 Å². The maximum atomic E-state index is 6.12. The van der Waals surface area contributed by atoms with E-state index < -0.39 is 0 Å². The van der Waals surface area contributed by atoms with Crippen LogP contribution in [0.1, 0.15) is 44.2 Å². The van der Waals surface area contributed by atoms with E-state index in [1.165, 1.54) is 6.42 Å². The number of hydrogen-bond donors (Lipinski definition) is 1. The van der Waals surface area contributed by atoms with Crippen molar-refractivity contribution in [2.75, 3.05) is 7.11 Å². The molecule has 1 aromatic carbocycles. The molecule has 1 aliphatic rings. The van der Waals surface area contributed by atoms with E-state index in [0.717, 1.165) is 41.6 Å². The molecular weight excluding hydrogens is 282 g/mol. The molecule has 2 atom stereocenters. The zero-order valence-corrected chi connectivity index (χ0v) is 13.9. The van der Waals surface area contributed by atoms with Crippen LogP contribution in [0.3, 0.4) is 0 Å². The molecule has 0 heterocycles. The van der Waals surface area contributed by atoms with Crippen molar-refractivity contribution in [2.24, 2.45) is 17.6 Å². The van der Waals surface area contributed by atoms with Crippen molar-refractivity contribution in [2.45, 2.75) is 45.8 Å². The van der Waals surface area contributed by atoms with Gasteiger partial charge in [-0.1, -0.05) is 26.1 Å². The Labute approximate surface area is 132 Å². The lowest BCUT2D eigenvalue weighted by Gasteiger charge is -2.31. The Morgan fingerprint density at radius 2 is 1.90 bits per heavy atom. The van der Waals surface area contributed by atoms with Crippen molar-refractivity contribution in [1.82, 2.24) is 0 Å². The van der Waals surface area contributed by atoms with Gasteiger partial charge in [0.25, 0.3) is 0 Å². The van der Waals surface area contributed by atoms with Gasteiger partial charge in [0.05, 0.1) is 19.8 Å². The third-order valence-electron chi connectivity index (χ3n) is 4.17. The monoisotopic (exact) mass is 307 g/mol. The molecule has 0 saturated heterocycles. The van der Waals surface area contributed by atoms with Crippen LogP contribution in [0.2, 0.25) is 0 Å². The second kappa shape index (κ2) is 7.23. The molecule has 0 radical (unpaired) electrons. The second-order valence-electron chi connectivity index (χ2n) is 6.24. The molecule has 3 nitrogen and oxygen atoms in total. The van der Waals surface area contributed by atoms with Crippen molar-refractivity contribution >= 4 is 17.2 Å². The van der Waals surface area contributed by atoms with Gasteiger partial charge in [0.1, 0.15) is 10.7 Å². The predicted octanol–water partition coefficient (Wildman–Crippen LogP) is 3.67. The molecule has 2 N–H and O–H groups in total. The third-order valence-corrected chi connectivity index (χ3v) is 4.41. The fourth-order valence-corrected chi connectivity index (χ4v) is 3.39. The van der Waals surface area contributed by atoms with Crippen LogP contribution < -0.4 is 10.5 Å². The molecule has 0 bridgehead atoms. The summed E-state index contributed by atoms with van der Waals surface area (Å²) in [4.78, 5) is 0.402. The van der Waals surface area contributed by atoms with Crippen molar-refractivity contribution in [3.8, 4) is 5.75 Å². The van der Waals surface area contributed by atoms with E-state index in [-0.39, 0.29) is 0 Å².